The summed E-state index contributed by atoms with van der Waals surface area (Å²) in [7, 11) is 0. The van der Waals surface area contributed by atoms with Gasteiger partial charge in [-0.3, -0.25) is 9.59 Å². The largest absolute Gasteiger partial charge is 0.396 e. The monoisotopic (exact) mass is 308 g/mol. The molecule has 6 heteroatoms. The lowest BCUT2D eigenvalue weighted by Crippen LogP contribution is -2.34. The average Bonchev–Trinajstić information content (AvgIpc) is 3.29. The lowest BCUT2D eigenvalue weighted by atomic mass is 10.1. The lowest BCUT2D eigenvalue weighted by Gasteiger charge is -2.23. The van der Waals surface area contributed by atoms with E-state index in [1.54, 1.807) is 4.90 Å². The quantitative estimate of drug-likeness (QED) is 0.758. The molecule has 22 heavy (non-hydrogen) atoms. The summed E-state index contributed by atoms with van der Waals surface area (Å²) in [5.74, 6) is -1.22. The standard InChI is InChI=1S/C16H21FN2O3/c1-11(21)18-12-4-7-15(17)14(10-12)16(22)19(13-5-6-13)8-2-3-9-20/h4,7,10,13,20H,2-3,5-6,8-9H2,1H3,(H,18,21). The molecule has 2 rings (SSSR count). The summed E-state index contributed by atoms with van der Waals surface area (Å²) in [4.78, 5) is 25.3. The van der Waals surface area contributed by atoms with E-state index in [1.807, 2.05) is 0 Å². The molecule has 0 radical (unpaired) electrons. The van der Waals surface area contributed by atoms with Crippen LogP contribution in [0.3, 0.4) is 0 Å². The number of halogens is 1. The van der Waals surface area contributed by atoms with Gasteiger partial charge in [0.15, 0.2) is 0 Å². The molecular weight excluding hydrogens is 287 g/mol. The first kappa shape index (κ1) is 16.4. The maximum atomic E-state index is 14.0. The second kappa shape index (κ2) is 7.35. The third-order valence-electron chi connectivity index (χ3n) is 3.57. The number of rotatable bonds is 7. The normalized spacial score (nSPS) is 13.8. The predicted molar refractivity (Wildman–Crippen MR) is 81.1 cm³/mol. The number of unbranched alkanes of at least 4 members (excludes halogenated alkanes) is 1. The summed E-state index contributed by atoms with van der Waals surface area (Å²) >= 11 is 0. The number of carbonyl (C=O) groups excluding carboxylic acids is 2. The Labute approximate surface area is 129 Å². The van der Waals surface area contributed by atoms with E-state index in [0.717, 1.165) is 12.8 Å². The van der Waals surface area contributed by atoms with Crippen LogP contribution in [0, 0.1) is 5.82 Å². The molecule has 0 heterocycles. The fourth-order valence-electron chi connectivity index (χ4n) is 2.36. The molecule has 1 aliphatic rings. The molecule has 120 valence electrons. The third-order valence-corrected chi connectivity index (χ3v) is 3.57. The van der Waals surface area contributed by atoms with Gasteiger partial charge in [-0.05, 0) is 43.9 Å². The second-order valence-electron chi connectivity index (χ2n) is 5.54. The molecule has 1 aromatic rings. The molecule has 0 spiro atoms. The number of benzene rings is 1. The number of amides is 2. The molecule has 1 saturated carbocycles. The van der Waals surface area contributed by atoms with Gasteiger partial charge in [-0.15, -0.1) is 0 Å². The number of hydrogen-bond acceptors (Lipinski definition) is 3. The van der Waals surface area contributed by atoms with E-state index in [0.29, 0.717) is 25.1 Å². The zero-order chi connectivity index (χ0) is 16.1. The molecular formula is C16H21FN2O3. The van der Waals surface area contributed by atoms with Crippen LogP contribution in [0.25, 0.3) is 0 Å². The van der Waals surface area contributed by atoms with Crippen LogP contribution in [0.2, 0.25) is 0 Å². The Kier molecular flexibility index (Phi) is 5.49. The molecule has 1 aromatic carbocycles. The minimum absolute atomic E-state index is 0.0258. The molecule has 0 bridgehead atoms. The minimum atomic E-state index is -0.591. The Morgan fingerprint density at radius 3 is 2.68 bits per heavy atom. The Balaban J connectivity index is 2.16. The highest BCUT2D eigenvalue weighted by Crippen LogP contribution is 2.29. The van der Waals surface area contributed by atoms with E-state index in [2.05, 4.69) is 5.32 Å². The lowest BCUT2D eigenvalue weighted by molar-refractivity contribution is -0.114. The minimum Gasteiger partial charge on any atom is -0.396 e. The van der Waals surface area contributed by atoms with Gasteiger partial charge in [0.1, 0.15) is 5.82 Å². The average molecular weight is 308 g/mol. The van der Waals surface area contributed by atoms with Gasteiger partial charge in [0.2, 0.25) is 5.91 Å². The maximum Gasteiger partial charge on any atom is 0.257 e. The smallest absolute Gasteiger partial charge is 0.257 e. The van der Waals surface area contributed by atoms with Gasteiger partial charge < -0.3 is 15.3 Å². The van der Waals surface area contributed by atoms with E-state index in [-0.39, 0.29) is 30.0 Å². The number of nitrogens with zero attached hydrogens (tertiary/aromatic N) is 1. The van der Waals surface area contributed by atoms with E-state index in [9.17, 15) is 14.0 Å². The van der Waals surface area contributed by atoms with Gasteiger partial charge in [0.25, 0.3) is 5.91 Å². The van der Waals surface area contributed by atoms with E-state index < -0.39 is 5.82 Å². The van der Waals surface area contributed by atoms with Crippen molar-refractivity contribution >= 4 is 17.5 Å². The number of hydrogen-bond donors (Lipinski definition) is 2. The van der Waals surface area contributed by atoms with Gasteiger partial charge >= 0.3 is 0 Å². The van der Waals surface area contributed by atoms with Crippen molar-refractivity contribution in [3.8, 4) is 0 Å². The van der Waals surface area contributed by atoms with Gasteiger partial charge in [-0.25, -0.2) is 4.39 Å². The van der Waals surface area contributed by atoms with E-state index >= 15 is 0 Å². The molecule has 0 atom stereocenters. The van der Waals surface area contributed by atoms with Crippen molar-refractivity contribution in [2.24, 2.45) is 0 Å². The Hall–Kier alpha value is -1.95. The Morgan fingerprint density at radius 1 is 1.36 bits per heavy atom. The van der Waals surface area contributed by atoms with Crippen molar-refractivity contribution in [1.82, 2.24) is 4.90 Å². The summed E-state index contributed by atoms with van der Waals surface area (Å²) < 4.78 is 14.0. The van der Waals surface area contributed by atoms with Gasteiger partial charge in [0, 0.05) is 31.8 Å². The van der Waals surface area contributed by atoms with Crippen LogP contribution in [0.1, 0.15) is 43.0 Å². The van der Waals surface area contributed by atoms with Crippen LogP contribution < -0.4 is 5.32 Å². The van der Waals surface area contributed by atoms with E-state index in [4.69, 9.17) is 5.11 Å². The highest BCUT2D eigenvalue weighted by Gasteiger charge is 2.33. The zero-order valence-electron chi connectivity index (χ0n) is 12.6. The van der Waals surface area contributed by atoms with E-state index in [1.165, 1.54) is 25.1 Å². The molecule has 2 amide bonds. The highest BCUT2D eigenvalue weighted by atomic mass is 19.1. The topological polar surface area (TPSA) is 69.6 Å². The molecule has 0 saturated heterocycles. The van der Waals surface area contributed by atoms with Gasteiger partial charge in [-0.2, -0.15) is 0 Å². The number of anilines is 1. The van der Waals surface area contributed by atoms with Crippen LogP contribution in [0.15, 0.2) is 18.2 Å². The van der Waals surface area contributed by atoms with Crippen LogP contribution in [-0.4, -0.2) is 41.0 Å². The predicted octanol–water partition coefficient (Wildman–Crippen LogP) is 2.16. The number of nitrogens with one attached hydrogen (secondary N) is 1. The van der Waals surface area contributed by atoms with Crippen LogP contribution in [0.4, 0.5) is 10.1 Å². The molecule has 0 unspecified atom stereocenters. The summed E-state index contributed by atoms with van der Waals surface area (Å²) in [5.41, 5.74) is 0.380. The first-order valence-electron chi connectivity index (χ1n) is 7.52. The van der Waals surface area contributed by atoms with Crippen molar-refractivity contribution in [1.29, 1.82) is 0 Å². The number of aliphatic hydroxyl groups is 1. The molecule has 5 nitrogen and oxygen atoms in total. The first-order valence-corrected chi connectivity index (χ1v) is 7.52. The maximum absolute atomic E-state index is 14.0. The second-order valence-corrected chi connectivity index (χ2v) is 5.54. The first-order chi connectivity index (χ1) is 10.5. The zero-order valence-corrected chi connectivity index (χ0v) is 12.6. The highest BCUT2D eigenvalue weighted by molar-refractivity contribution is 5.97. The fraction of sp³-hybridized carbons (Fsp3) is 0.500. The van der Waals surface area contributed by atoms with Crippen molar-refractivity contribution in [3.63, 3.8) is 0 Å². The SMILES string of the molecule is CC(=O)Nc1ccc(F)c(C(=O)N(CCCCO)C2CC2)c1. The van der Waals surface area contributed by atoms with Crippen molar-refractivity contribution < 1.29 is 19.1 Å². The Morgan fingerprint density at radius 2 is 2.09 bits per heavy atom. The molecule has 1 fully saturated rings. The summed E-state index contributed by atoms with van der Waals surface area (Å²) in [6, 6.07) is 4.16. The van der Waals surface area contributed by atoms with Gasteiger partial charge in [0.05, 0.1) is 5.56 Å². The number of aliphatic hydroxyl groups excluding tert-OH is 1. The van der Waals surface area contributed by atoms with Gasteiger partial charge in [-0.1, -0.05) is 0 Å². The molecule has 2 N–H and O–H groups in total. The van der Waals surface area contributed by atoms with Crippen molar-refractivity contribution in [3.05, 3.63) is 29.6 Å². The Bertz CT molecular complexity index is 558. The fourth-order valence-corrected chi connectivity index (χ4v) is 2.36. The van der Waals surface area contributed by atoms with Crippen molar-refractivity contribution in [2.45, 2.75) is 38.6 Å². The summed E-state index contributed by atoms with van der Waals surface area (Å²) in [5, 5.41) is 11.4. The van der Waals surface area contributed by atoms with Crippen LogP contribution in [-0.2, 0) is 4.79 Å². The number of carbonyl (C=O) groups is 2. The summed E-state index contributed by atoms with van der Waals surface area (Å²) in [6.07, 6.45) is 3.16. The molecule has 0 aliphatic heterocycles. The summed E-state index contributed by atoms with van der Waals surface area (Å²) in [6.45, 7) is 1.95. The molecule has 1 aliphatic carbocycles. The van der Waals surface area contributed by atoms with Crippen molar-refractivity contribution in [2.75, 3.05) is 18.5 Å². The van der Waals surface area contributed by atoms with Crippen LogP contribution >= 0.6 is 0 Å². The molecule has 0 aromatic heterocycles. The third kappa shape index (κ3) is 4.27. The van der Waals surface area contributed by atoms with Crippen LogP contribution in [0.5, 0.6) is 0 Å².